The number of halogens is 3. The highest BCUT2D eigenvalue weighted by Crippen LogP contribution is 2.33. The maximum absolute atomic E-state index is 12.2. The summed E-state index contributed by atoms with van der Waals surface area (Å²) >= 11 is 0. The SMILES string of the molecule is O=C1C=C(OS(=O)(=O)C(F)(F)F)CC(c2ccccc2)O1. The van der Waals surface area contributed by atoms with E-state index in [-0.39, 0.29) is 6.42 Å². The molecule has 0 spiro atoms. The van der Waals surface area contributed by atoms with E-state index >= 15 is 0 Å². The largest absolute Gasteiger partial charge is 0.534 e. The molecule has 1 atom stereocenters. The van der Waals surface area contributed by atoms with Crippen LogP contribution in [-0.2, 0) is 23.8 Å². The van der Waals surface area contributed by atoms with Crippen molar-refractivity contribution in [2.75, 3.05) is 0 Å². The summed E-state index contributed by atoms with van der Waals surface area (Å²) < 4.78 is 67.5. The number of benzene rings is 1. The van der Waals surface area contributed by atoms with Gasteiger partial charge in [0, 0.05) is 6.42 Å². The Hall–Kier alpha value is -2.03. The van der Waals surface area contributed by atoms with Crippen LogP contribution in [-0.4, -0.2) is 19.9 Å². The van der Waals surface area contributed by atoms with Crippen LogP contribution in [0.4, 0.5) is 13.2 Å². The predicted molar refractivity (Wildman–Crippen MR) is 64.0 cm³/mol. The highest BCUT2D eigenvalue weighted by atomic mass is 32.2. The molecule has 0 saturated heterocycles. The Labute approximate surface area is 118 Å². The van der Waals surface area contributed by atoms with Crippen molar-refractivity contribution in [1.29, 1.82) is 0 Å². The zero-order valence-electron chi connectivity index (χ0n) is 10.3. The van der Waals surface area contributed by atoms with E-state index < -0.39 is 33.5 Å². The molecule has 9 heteroatoms. The zero-order valence-corrected chi connectivity index (χ0v) is 11.1. The predicted octanol–water partition coefficient (Wildman–Crippen LogP) is 2.42. The third-order valence-corrected chi connectivity index (χ3v) is 3.60. The summed E-state index contributed by atoms with van der Waals surface area (Å²) in [7, 11) is -5.80. The van der Waals surface area contributed by atoms with Gasteiger partial charge >= 0.3 is 21.6 Å². The topological polar surface area (TPSA) is 69.7 Å². The van der Waals surface area contributed by atoms with Crippen molar-refractivity contribution in [3.8, 4) is 0 Å². The summed E-state index contributed by atoms with van der Waals surface area (Å²) in [5, 5.41) is 0. The molecule has 0 radical (unpaired) electrons. The lowest BCUT2D eigenvalue weighted by molar-refractivity contribution is -0.145. The van der Waals surface area contributed by atoms with Crippen molar-refractivity contribution in [3.63, 3.8) is 0 Å². The Morgan fingerprint density at radius 2 is 1.81 bits per heavy atom. The Balaban J connectivity index is 2.21. The van der Waals surface area contributed by atoms with Gasteiger partial charge in [0.1, 0.15) is 11.9 Å². The highest BCUT2D eigenvalue weighted by Gasteiger charge is 2.49. The van der Waals surface area contributed by atoms with Gasteiger partial charge in [-0.05, 0) is 5.56 Å². The summed E-state index contributed by atoms with van der Waals surface area (Å²) in [5.41, 5.74) is -5.04. The van der Waals surface area contributed by atoms with Crippen molar-refractivity contribution in [2.24, 2.45) is 0 Å². The highest BCUT2D eigenvalue weighted by molar-refractivity contribution is 7.87. The van der Waals surface area contributed by atoms with Crippen LogP contribution in [0.1, 0.15) is 18.1 Å². The first kappa shape index (κ1) is 15.4. The molecule has 0 aliphatic carbocycles. The summed E-state index contributed by atoms with van der Waals surface area (Å²) in [4.78, 5) is 11.3. The Bertz CT molecular complexity index is 664. The fraction of sp³-hybridized carbons (Fsp3) is 0.250. The van der Waals surface area contributed by atoms with Gasteiger partial charge < -0.3 is 8.92 Å². The summed E-state index contributed by atoms with van der Waals surface area (Å²) in [5.74, 6) is -1.58. The van der Waals surface area contributed by atoms with Crippen LogP contribution < -0.4 is 0 Å². The maximum Gasteiger partial charge on any atom is 0.534 e. The lowest BCUT2D eigenvalue weighted by atomic mass is 10.0. The number of rotatable bonds is 3. The quantitative estimate of drug-likeness (QED) is 0.486. The van der Waals surface area contributed by atoms with Crippen molar-refractivity contribution >= 4 is 16.1 Å². The van der Waals surface area contributed by atoms with Gasteiger partial charge in [-0.25, -0.2) is 4.79 Å². The smallest absolute Gasteiger partial charge is 0.454 e. The third kappa shape index (κ3) is 3.54. The van der Waals surface area contributed by atoms with Crippen molar-refractivity contribution in [3.05, 3.63) is 47.7 Å². The summed E-state index contributed by atoms with van der Waals surface area (Å²) in [6.45, 7) is 0. The molecule has 0 fully saturated rings. The van der Waals surface area contributed by atoms with E-state index in [4.69, 9.17) is 4.74 Å². The number of hydrogen-bond donors (Lipinski definition) is 0. The molecule has 2 rings (SSSR count). The second kappa shape index (κ2) is 5.40. The molecular formula is C12H9F3O5S. The lowest BCUT2D eigenvalue weighted by Gasteiger charge is -2.23. The average Bonchev–Trinajstić information content (AvgIpc) is 2.37. The summed E-state index contributed by atoms with van der Waals surface area (Å²) in [6, 6.07) is 8.19. The minimum Gasteiger partial charge on any atom is -0.454 e. The van der Waals surface area contributed by atoms with E-state index in [1.54, 1.807) is 30.3 Å². The first-order valence-electron chi connectivity index (χ1n) is 5.66. The number of carbonyl (C=O) groups is 1. The molecule has 1 aromatic rings. The first-order chi connectivity index (χ1) is 9.69. The van der Waals surface area contributed by atoms with E-state index in [1.165, 1.54) is 0 Å². The third-order valence-electron chi connectivity index (χ3n) is 2.60. The molecule has 21 heavy (non-hydrogen) atoms. The van der Waals surface area contributed by atoms with Crippen molar-refractivity contribution < 1.29 is 35.3 Å². The van der Waals surface area contributed by atoms with Crippen molar-refractivity contribution in [2.45, 2.75) is 18.0 Å². The average molecular weight is 322 g/mol. The van der Waals surface area contributed by atoms with E-state index in [1.807, 2.05) is 0 Å². The van der Waals surface area contributed by atoms with Gasteiger partial charge in [0.25, 0.3) is 0 Å². The number of ether oxygens (including phenoxy) is 1. The number of carbonyl (C=O) groups excluding carboxylic acids is 1. The van der Waals surface area contributed by atoms with Gasteiger partial charge in [0.2, 0.25) is 0 Å². The van der Waals surface area contributed by atoms with Gasteiger partial charge in [0.15, 0.2) is 0 Å². The van der Waals surface area contributed by atoms with Gasteiger partial charge in [0.05, 0.1) is 6.08 Å². The standard InChI is InChI=1S/C12H9F3O5S/c13-12(14,15)21(17,18)20-9-6-10(19-11(16)7-9)8-4-2-1-3-5-8/h1-5,7,10H,6H2. The Morgan fingerprint density at radius 1 is 1.19 bits per heavy atom. The molecule has 1 aromatic carbocycles. The molecule has 1 aliphatic heterocycles. The first-order valence-corrected chi connectivity index (χ1v) is 7.07. The van der Waals surface area contributed by atoms with Crippen LogP contribution >= 0.6 is 0 Å². The molecule has 0 bridgehead atoms. The number of esters is 1. The van der Waals surface area contributed by atoms with E-state index in [2.05, 4.69) is 4.18 Å². The molecule has 1 heterocycles. The number of cyclic esters (lactones) is 1. The van der Waals surface area contributed by atoms with Gasteiger partial charge in [-0.1, -0.05) is 30.3 Å². The molecule has 0 aromatic heterocycles. The zero-order chi connectivity index (χ0) is 15.7. The van der Waals surface area contributed by atoms with Gasteiger partial charge in [-0.3, -0.25) is 0 Å². The molecule has 5 nitrogen and oxygen atoms in total. The monoisotopic (exact) mass is 322 g/mol. The van der Waals surface area contributed by atoms with Crippen LogP contribution in [0.5, 0.6) is 0 Å². The van der Waals surface area contributed by atoms with Gasteiger partial charge in [-0.2, -0.15) is 21.6 Å². The molecule has 114 valence electrons. The molecule has 0 saturated carbocycles. The number of alkyl halides is 3. The van der Waals surface area contributed by atoms with Crippen LogP contribution in [0, 0.1) is 0 Å². The number of hydrogen-bond acceptors (Lipinski definition) is 5. The fourth-order valence-electron chi connectivity index (χ4n) is 1.69. The minimum absolute atomic E-state index is 0.301. The van der Waals surface area contributed by atoms with Crippen LogP contribution in [0.2, 0.25) is 0 Å². The van der Waals surface area contributed by atoms with Crippen molar-refractivity contribution in [1.82, 2.24) is 0 Å². The second-order valence-electron chi connectivity index (χ2n) is 4.13. The van der Waals surface area contributed by atoms with Crippen LogP contribution in [0.3, 0.4) is 0 Å². The fourth-order valence-corrected chi connectivity index (χ4v) is 2.18. The Morgan fingerprint density at radius 3 is 2.38 bits per heavy atom. The normalized spacial score (nSPS) is 19.7. The molecule has 1 aliphatic rings. The molecule has 0 N–H and O–H groups in total. The van der Waals surface area contributed by atoms with Crippen LogP contribution in [0.25, 0.3) is 0 Å². The minimum atomic E-state index is -5.80. The molecule has 1 unspecified atom stereocenters. The van der Waals surface area contributed by atoms with E-state index in [0.717, 1.165) is 0 Å². The molecule has 0 amide bonds. The van der Waals surface area contributed by atoms with Gasteiger partial charge in [-0.15, -0.1) is 0 Å². The maximum atomic E-state index is 12.2. The summed E-state index contributed by atoms with van der Waals surface area (Å²) in [6.07, 6.45) is -0.615. The van der Waals surface area contributed by atoms with Crippen LogP contribution in [0.15, 0.2) is 42.2 Å². The second-order valence-corrected chi connectivity index (χ2v) is 5.67. The lowest BCUT2D eigenvalue weighted by Crippen LogP contribution is -2.27. The Kier molecular flexibility index (Phi) is 3.95. The van der Waals surface area contributed by atoms with E-state index in [9.17, 15) is 26.4 Å². The van der Waals surface area contributed by atoms with E-state index in [0.29, 0.717) is 11.6 Å². The molecular weight excluding hydrogens is 313 g/mol.